The van der Waals surface area contributed by atoms with Crippen LogP contribution in [0.5, 0.6) is 5.75 Å². The van der Waals surface area contributed by atoms with Gasteiger partial charge in [0.15, 0.2) is 0 Å². The molecule has 0 radical (unpaired) electrons. The molecular weight excluding hydrogens is 336 g/mol. The number of hydrazone groups is 1. The number of piperazine rings is 1. The summed E-state index contributed by atoms with van der Waals surface area (Å²) in [6, 6.07) is 7.47. The number of carbonyl (C=O) groups is 3. The van der Waals surface area contributed by atoms with Crippen molar-refractivity contribution in [2.45, 2.75) is 19.3 Å². The first kappa shape index (κ1) is 17.9. The SMILES string of the molecule is COc1ccccc1CC(=O)N1CCN(C(=O)C2=NNC(=O)CC2)CC1. The van der Waals surface area contributed by atoms with Crippen LogP contribution in [0.1, 0.15) is 18.4 Å². The van der Waals surface area contributed by atoms with Crippen molar-refractivity contribution in [3.63, 3.8) is 0 Å². The highest BCUT2D eigenvalue weighted by molar-refractivity contribution is 6.39. The summed E-state index contributed by atoms with van der Waals surface area (Å²) in [7, 11) is 1.59. The van der Waals surface area contributed by atoms with E-state index in [1.54, 1.807) is 16.9 Å². The lowest BCUT2D eigenvalue weighted by Crippen LogP contribution is -2.53. The number of nitrogens with zero attached hydrogens (tertiary/aromatic N) is 3. The van der Waals surface area contributed by atoms with E-state index in [1.165, 1.54) is 0 Å². The molecule has 8 heteroatoms. The summed E-state index contributed by atoms with van der Waals surface area (Å²) in [4.78, 5) is 39.6. The second-order valence-electron chi connectivity index (χ2n) is 6.26. The minimum absolute atomic E-state index is 0.0175. The van der Waals surface area contributed by atoms with E-state index in [0.717, 1.165) is 5.56 Å². The van der Waals surface area contributed by atoms with Crippen LogP contribution in [-0.4, -0.2) is 66.5 Å². The second-order valence-corrected chi connectivity index (χ2v) is 6.26. The van der Waals surface area contributed by atoms with Gasteiger partial charge in [0.1, 0.15) is 11.5 Å². The molecule has 1 N–H and O–H groups in total. The Kier molecular flexibility index (Phi) is 5.50. The number of methoxy groups -OCH3 is 1. The molecule has 0 bridgehead atoms. The van der Waals surface area contributed by atoms with Gasteiger partial charge in [-0.2, -0.15) is 5.10 Å². The van der Waals surface area contributed by atoms with Crippen LogP contribution in [0.25, 0.3) is 0 Å². The molecule has 2 heterocycles. The minimum atomic E-state index is -0.173. The van der Waals surface area contributed by atoms with Gasteiger partial charge in [0.2, 0.25) is 11.8 Å². The molecular formula is C18H22N4O4. The Hall–Kier alpha value is -2.90. The number of carbonyl (C=O) groups excluding carboxylic acids is 3. The molecule has 0 unspecified atom stereocenters. The van der Waals surface area contributed by atoms with Crippen LogP contribution in [0.4, 0.5) is 0 Å². The van der Waals surface area contributed by atoms with Crippen molar-refractivity contribution in [1.29, 1.82) is 0 Å². The van der Waals surface area contributed by atoms with Crippen molar-refractivity contribution < 1.29 is 19.1 Å². The van der Waals surface area contributed by atoms with Gasteiger partial charge in [-0.3, -0.25) is 14.4 Å². The van der Waals surface area contributed by atoms with Crippen LogP contribution >= 0.6 is 0 Å². The summed E-state index contributed by atoms with van der Waals surface area (Å²) in [5, 5.41) is 3.85. The van der Waals surface area contributed by atoms with Gasteiger partial charge in [-0.1, -0.05) is 18.2 Å². The summed E-state index contributed by atoms with van der Waals surface area (Å²) in [5.41, 5.74) is 3.57. The zero-order chi connectivity index (χ0) is 18.5. The monoisotopic (exact) mass is 358 g/mol. The van der Waals surface area contributed by atoms with Gasteiger partial charge in [-0.15, -0.1) is 0 Å². The van der Waals surface area contributed by atoms with Crippen LogP contribution in [0, 0.1) is 0 Å². The van der Waals surface area contributed by atoms with Crippen LogP contribution in [0.15, 0.2) is 29.4 Å². The van der Waals surface area contributed by atoms with Gasteiger partial charge < -0.3 is 14.5 Å². The third-order valence-corrected chi connectivity index (χ3v) is 4.61. The lowest BCUT2D eigenvalue weighted by atomic mass is 10.1. The maximum Gasteiger partial charge on any atom is 0.270 e. The summed E-state index contributed by atoms with van der Waals surface area (Å²) in [5.74, 6) is 0.381. The predicted octanol–water partition coefficient (Wildman–Crippen LogP) is 0.175. The number of nitrogens with one attached hydrogen (secondary N) is 1. The quantitative estimate of drug-likeness (QED) is 0.831. The van der Waals surface area contributed by atoms with E-state index in [4.69, 9.17) is 4.74 Å². The molecule has 3 rings (SSSR count). The Morgan fingerprint density at radius 3 is 2.46 bits per heavy atom. The molecule has 2 aliphatic rings. The molecule has 8 nitrogen and oxygen atoms in total. The Morgan fingerprint density at radius 1 is 1.12 bits per heavy atom. The molecule has 138 valence electrons. The van der Waals surface area contributed by atoms with Gasteiger partial charge in [-0.05, 0) is 6.07 Å². The molecule has 0 atom stereocenters. The number of rotatable bonds is 4. The predicted molar refractivity (Wildman–Crippen MR) is 94.7 cm³/mol. The fourth-order valence-corrected chi connectivity index (χ4v) is 3.09. The molecule has 3 amide bonds. The lowest BCUT2D eigenvalue weighted by Gasteiger charge is -2.35. The number of para-hydroxylation sites is 1. The van der Waals surface area contributed by atoms with Crippen molar-refractivity contribution in [2.24, 2.45) is 5.10 Å². The van der Waals surface area contributed by atoms with Gasteiger partial charge >= 0.3 is 0 Å². The van der Waals surface area contributed by atoms with E-state index in [9.17, 15) is 14.4 Å². The minimum Gasteiger partial charge on any atom is -0.496 e. The topological polar surface area (TPSA) is 91.3 Å². The van der Waals surface area contributed by atoms with Crippen molar-refractivity contribution in [3.8, 4) is 5.75 Å². The van der Waals surface area contributed by atoms with Gasteiger partial charge in [0.25, 0.3) is 5.91 Å². The van der Waals surface area contributed by atoms with Crippen LogP contribution in [0.2, 0.25) is 0 Å². The third-order valence-electron chi connectivity index (χ3n) is 4.61. The highest BCUT2D eigenvalue weighted by Crippen LogP contribution is 2.19. The van der Waals surface area contributed by atoms with E-state index < -0.39 is 0 Å². The van der Waals surface area contributed by atoms with E-state index in [1.807, 2.05) is 24.3 Å². The Morgan fingerprint density at radius 2 is 1.81 bits per heavy atom. The molecule has 0 spiro atoms. The average Bonchev–Trinajstić information content (AvgIpc) is 2.68. The fourth-order valence-electron chi connectivity index (χ4n) is 3.09. The van der Waals surface area contributed by atoms with Gasteiger partial charge in [0.05, 0.1) is 13.5 Å². The molecule has 1 saturated heterocycles. The highest BCUT2D eigenvalue weighted by Gasteiger charge is 2.28. The summed E-state index contributed by atoms with van der Waals surface area (Å²) in [6.45, 7) is 1.89. The van der Waals surface area contributed by atoms with E-state index in [-0.39, 0.29) is 30.6 Å². The number of ether oxygens (including phenoxy) is 1. The highest BCUT2D eigenvalue weighted by atomic mass is 16.5. The largest absolute Gasteiger partial charge is 0.496 e. The molecule has 2 aliphatic heterocycles. The number of amides is 3. The van der Waals surface area contributed by atoms with Gasteiger partial charge in [-0.25, -0.2) is 5.43 Å². The number of hydrogen-bond acceptors (Lipinski definition) is 5. The smallest absolute Gasteiger partial charge is 0.270 e. The Balaban J connectivity index is 1.54. The van der Waals surface area contributed by atoms with Crippen molar-refractivity contribution >= 4 is 23.4 Å². The first-order valence-electron chi connectivity index (χ1n) is 8.63. The van der Waals surface area contributed by atoms with E-state index in [0.29, 0.717) is 44.1 Å². The Bertz CT molecular complexity index is 738. The zero-order valence-electron chi connectivity index (χ0n) is 14.7. The molecule has 1 fully saturated rings. The summed E-state index contributed by atoms with van der Waals surface area (Å²) >= 11 is 0. The van der Waals surface area contributed by atoms with Crippen molar-refractivity contribution in [2.75, 3.05) is 33.3 Å². The summed E-state index contributed by atoms with van der Waals surface area (Å²) < 4.78 is 5.29. The molecule has 1 aromatic carbocycles. The molecule has 0 saturated carbocycles. The maximum absolute atomic E-state index is 12.5. The normalized spacial score (nSPS) is 17.4. The third kappa shape index (κ3) is 4.01. The van der Waals surface area contributed by atoms with Crippen LogP contribution in [0.3, 0.4) is 0 Å². The average molecular weight is 358 g/mol. The molecule has 0 aliphatic carbocycles. The van der Waals surface area contributed by atoms with Crippen molar-refractivity contribution in [1.82, 2.24) is 15.2 Å². The zero-order valence-corrected chi connectivity index (χ0v) is 14.7. The first-order valence-corrected chi connectivity index (χ1v) is 8.63. The van der Waals surface area contributed by atoms with Gasteiger partial charge in [0, 0.05) is 44.6 Å². The van der Waals surface area contributed by atoms with E-state index >= 15 is 0 Å². The fraction of sp³-hybridized carbons (Fsp3) is 0.444. The number of hydrogen-bond donors (Lipinski definition) is 1. The maximum atomic E-state index is 12.5. The van der Waals surface area contributed by atoms with Crippen LogP contribution < -0.4 is 10.2 Å². The molecule has 1 aromatic rings. The molecule has 0 aromatic heterocycles. The van der Waals surface area contributed by atoms with E-state index in [2.05, 4.69) is 10.5 Å². The first-order chi connectivity index (χ1) is 12.6. The lowest BCUT2D eigenvalue weighted by molar-refractivity contribution is -0.136. The standard InChI is InChI=1S/C18H22N4O4/c1-26-15-5-3-2-4-13(15)12-17(24)21-8-10-22(11-9-21)18(25)14-6-7-16(23)20-19-14/h2-5H,6-12H2,1H3,(H,20,23). The Labute approximate surface area is 151 Å². The second kappa shape index (κ2) is 7.99. The van der Waals surface area contributed by atoms with Crippen molar-refractivity contribution in [3.05, 3.63) is 29.8 Å². The summed E-state index contributed by atoms with van der Waals surface area (Å²) in [6.07, 6.45) is 0.913. The van der Waals surface area contributed by atoms with Crippen LogP contribution in [-0.2, 0) is 20.8 Å². The number of benzene rings is 1. The molecule has 26 heavy (non-hydrogen) atoms.